The van der Waals surface area contributed by atoms with Crippen LogP contribution in [0.3, 0.4) is 0 Å². The van der Waals surface area contributed by atoms with Crippen molar-refractivity contribution in [1.29, 1.82) is 0 Å². The van der Waals surface area contributed by atoms with Gasteiger partial charge in [0.1, 0.15) is 0 Å². The van der Waals surface area contributed by atoms with Crippen molar-refractivity contribution in [2.24, 2.45) is 0 Å². The third-order valence-electron chi connectivity index (χ3n) is 2.58. The lowest BCUT2D eigenvalue weighted by Gasteiger charge is -2.14. The van der Waals surface area contributed by atoms with Gasteiger partial charge in [-0.05, 0) is 37.8 Å². The first kappa shape index (κ1) is 13.5. The van der Waals surface area contributed by atoms with E-state index in [2.05, 4.69) is 21.8 Å². The maximum Gasteiger partial charge on any atom is 0.0803 e. The number of rotatable bonds is 8. The molecular weight excluding hydrogens is 222 g/mol. The predicted molar refractivity (Wildman–Crippen MR) is 66.8 cm³/mol. The number of ether oxygens (including phenoxy) is 1. The molecule has 5 heteroatoms. The highest BCUT2D eigenvalue weighted by molar-refractivity contribution is 7.05. The summed E-state index contributed by atoms with van der Waals surface area (Å²) in [6.07, 6.45) is 4.28. The maximum absolute atomic E-state index is 5.08. The number of methoxy groups -OCH3 is 1. The number of nitrogens with zero attached hydrogens (tertiary/aromatic N) is 2. The highest BCUT2D eigenvalue weighted by Gasteiger charge is 2.16. The Morgan fingerprint density at radius 3 is 2.94 bits per heavy atom. The van der Waals surface area contributed by atoms with E-state index in [1.807, 2.05) is 7.05 Å². The summed E-state index contributed by atoms with van der Waals surface area (Å²) < 4.78 is 9.13. The zero-order chi connectivity index (χ0) is 11.8. The van der Waals surface area contributed by atoms with E-state index < -0.39 is 0 Å². The second-order valence-electron chi connectivity index (χ2n) is 3.81. The van der Waals surface area contributed by atoms with Crippen molar-refractivity contribution < 1.29 is 4.74 Å². The van der Waals surface area contributed by atoms with Crippen molar-refractivity contribution >= 4 is 11.5 Å². The predicted octanol–water partition coefficient (Wildman–Crippen LogP) is 2.18. The lowest BCUT2D eigenvalue weighted by molar-refractivity contribution is 0.189. The molecule has 92 valence electrons. The molecule has 1 heterocycles. The van der Waals surface area contributed by atoms with Gasteiger partial charge in [0.05, 0.1) is 10.6 Å². The summed E-state index contributed by atoms with van der Waals surface area (Å²) in [7, 11) is 3.73. The minimum atomic E-state index is 0.372. The van der Waals surface area contributed by atoms with Crippen molar-refractivity contribution in [3.05, 3.63) is 10.6 Å². The lowest BCUT2D eigenvalue weighted by Crippen LogP contribution is -2.17. The van der Waals surface area contributed by atoms with Crippen LogP contribution in [0, 0.1) is 0 Å². The van der Waals surface area contributed by atoms with E-state index in [0.717, 1.165) is 38.0 Å². The van der Waals surface area contributed by atoms with Gasteiger partial charge in [0.2, 0.25) is 0 Å². The molecule has 4 nitrogen and oxygen atoms in total. The second kappa shape index (κ2) is 7.70. The molecule has 1 aromatic heterocycles. The molecule has 1 atom stereocenters. The van der Waals surface area contributed by atoms with Crippen LogP contribution in [0.25, 0.3) is 0 Å². The number of aromatic nitrogens is 2. The molecule has 0 aliphatic rings. The Hall–Kier alpha value is -0.520. The highest BCUT2D eigenvalue weighted by atomic mass is 32.1. The smallest absolute Gasteiger partial charge is 0.0803 e. The Kier molecular flexibility index (Phi) is 6.52. The summed E-state index contributed by atoms with van der Waals surface area (Å²) in [5.41, 5.74) is 1.16. The van der Waals surface area contributed by atoms with Crippen LogP contribution in [-0.2, 0) is 11.2 Å². The summed E-state index contributed by atoms with van der Waals surface area (Å²) in [4.78, 5) is 1.29. The standard InChI is InChI=1S/C11H21N3OS/c1-4-6-10-11(16-14-13-10)9(12-2)7-5-8-15-3/h9,12H,4-8H2,1-3H3. The summed E-state index contributed by atoms with van der Waals surface area (Å²) >= 11 is 1.52. The number of nitrogens with one attached hydrogen (secondary N) is 1. The van der Waals surface area contributed by atoms with E-state index in [9.17, 15) is 0 Å². The van der Waals surface area contributed by atoms with Crippen LogP contribution in [0.2, 0.25) is 0 Å². The third-order valence-corrected chi connectivity index (χ3v) is 3.46. The first-order valence-electron chi connectivity index (χ1n) is 5.80. The van der Waals surface area contributed by atoms with Crippen LogP contribution in [0.15, 0.2) is 0 Å². The van der Waals surface area contributed by atoms with Crippen molar-refractivity contribution in [3.8, 4) is 0 Å². The molecule has 0 saturated carbocycles. The molecule has 0 aliphatic heterocycles. The van der Waals surface area contributed by atoms with Crippen molar-refractivity contribution in [2.45, 2.75) is 38.6 Å². The molecule has 1 unspecified atom stereocenters. The topological polar surface area (TPSA) is 47.0 Å². The molecule has 0 spiro atoms. The van der Waals surface area contributed by atoms with Gasteiger partial charge < -0.3 is 10.1 Å². The van der Waals surface area contributed by atoms with Gasteiger partial charge in [0.25, 0.3) is 0 Å². The van der Waals surface area contributed by atoms with Gasteiger partial charge in [0, 0.05) is 19.8 Å². The molecule has 0 fully saturated rings. The highest BCUT2D eigenvalue weighted by Crippen LogP contribution is 2.24. The van der Waals surface area contributed by atoms with E-state index in [1.165, 1.54) is 16.4 Å². The quantitative estimate of drug-likeness (QED) is 0.711. The Morgan fingerprint density at radius 2 is 2.31 bits per heavy atom. The Morgan fingerprint density at radius 1 is 1.50 bits per heavy atom. The lowest BCUT2D eigenvalue weighted by atomic mass is 10.1. The number of hydrogen-bond donors (Lipinski definition) is 1. The molecule has 0 aliphatic carbocycles. The molecule has 0 amide bonds. The molecule has 0 radical (unpaired) electrons. The second-order valence-corrected chi connectivity index (χ2v) is 4.60. The van der Waals surface area contributed by atoms with E-state index >= 15 is 0 Å². The average molecular weight is 243 g/mol. The fourth-order valence-electron chi connectivity index (χ4n) is 1.73. The molecule has 1 N–H and O–H groups in total. The zero-order valence-electron chi connectivity index (χ0n) is 10.3. The van der Waals surface area contributed by atoms with Crippen LogP contribution in [-0.4, -0.2) is 30.4 Å². The first-order chi connectivity index (χ1) is 7.83. The molecule has 1 rings (SSSR count). The van der Waals surface area contributed by atoms with Gasteiger partial charge in [-0.3, -0.25) is 0 Å². The summed E-state index contributed by atoms with van der Waals surface area (Å²) in [6.45, 7) is 2.98. The van der Waals surface area contributed by atoms with Gasteiger partial charge in [-0.1, -0.05) is 17.8 Å². The van der Waals surface area contributed by atoms with Crippen LogP contribution in [0.1, 0.15) is 42.8 Å². The van der Waals surface area contributed by atoms with Crippen LogP contribution in [0.5, 0.6) is 0 Å². The van der Waals surface area contributed by atoms with E-state index in [4.69, 9.17) is 4.74 Å². The maximum atomic E-state index is 5.08. The van der Waals surface area contributed by atoms with Crippen LogP contribution in [0.4, 0.5) is 0 Å². The fraction of sp³-hybridized carbons (Fsp3) is 0.818. The van der Waals surface area contributed by atoms with Crippen molar-refractivity contribution in [3.63, 3.8) is 0 Å². The average Bonchev–Trinajstić information content (AvgIpc) is 2.73. The van der Waals surface area contributed by atoms with Gasteiger partial charge in [-0.15, -0.1) is 5.10 Å². The van der Waals surface area contributed by atoms with Crippen LogP contribution < -0.4 is 5.32 Å². The summed E-state index contributed by atoms with van der Waals surface area (Å²) in [5, 5.41) is 7.54. The minimum absolute atomic E-state index is 0.372. The molecule has 0 saturated heterocycles. The largest absolute Gasteiger partial charge is 0.385 e. The number of hydrogen-bond acceptors (Lipinski definition) is 5. The molecule has 16 heavy (non-hydrogen) atoms. The molecular formula is C11H21N3OS. The van der Waals surface area contributed by atoms with Gasteiger partial charge in [-0.2, -0.15) is 0 Å². The minimum Gasteiger partial charge on any atom is -0.385 e. The summed E-state index contributed by atoms with van der Waals surface area (Å²) in [5.74, 6) is 0. The summed E-state index contributed by atoms with van der Waals surface area (Å²) in [6, 6.07) is 0.372. The van der Waals surface area contributed by atoms with E-state index in [0.29, 0.717) is 6.04 Å². The zero-order valence-corrected chi connectivity index (χ0v) is 11.1. The third kappa shape index (κ3) is 3.81. The SMILES string of the molecule is CCCc1nnsc1C(CCCOC)NC. The number of aryl methyl sites for hydroxylation is 1. The van der Waals surface area contributed by atoms with Crippen molar-refractivity contribution in [1.82, 2.24) is 14.9 Å². The Bertz CT molecular complexity index is 291. The first-order valence-corrected chi connectivity index (χ1v) is 6.58. The van der Waals surface area contributed by atoms with Gasteiger partial charge in [0.15, 0.2) is 0 Å². The Labute approximate surface area is 102 Å². The normalized spacial score (nSPS) is 12.9. The molecule has 0 bridgehead atoms. The molecule has 0 aromatic carbocycles. The fourth-order valence-corrected chi connectivity index (χ4v) is 2.57. The van der Waals surface area contributed by atoms with Gasteiger partial charge in [-0.25, -0.2) is 0 Å². The molecule has 1 aromatic rings. The monoisotopic (exact) mass is 243 g/mol. The van der Waals surface area contributed by atoms with Gasteiger partial charge >= 0.3 is 0 Å². The van der Waals surface area contributed by atoms with E-state index in [1.54, 1.807) is 7.11 Å². The van der Waals surface area contributed by atoms with Crippen molar-refractivity contribution in [2.75, 3.05) is 20.8 Å². The Balaban J connectivity index is 2.59. The van der Waals surface area contributed by atoms with E-state index in [-0.39, 0.29) is 0 Å². The van der Waals surface area contributed by atoms with Crippen LogP contribution >= 0.6 is 11.5 Å².